The van der Waals surface area contributed by atoms with Gasteiger partial charge in [0.25, 0.3) is 0 Å². The summed E-state index contributed by atoms with van der Waals surface area (Å²) in [5.74, 6) is 0.937. The normalized spacial score (nSPS) is 15.2. The highest BCUT2D eigenvalue weighted by atomic mass is 79.9. The van der Waals surface area contributed by atoms with Crippen LogP contribution in [0.2, 0.25) is 5.15 Å². The number of benzene rings is 1. The first-order valence-electron chi connectivity index (χ1n) is 7.78. The fraction of sp³-hybridized carbons (Fsp3) is 0.294. The van der Waals surface area contributed by atoms with Gasteiger partial charge in [-0.1, -0.05) is 41.4 Å². The van der Waals surface area contributed by atoms with Crippen LogP contribution in [0.4, 0.5) is 5.82 Å². The van der Waals surface area contributed by atoms with Crippen molar-refractivity contribution < 1.29 is 4.74 Å². The third-order valence-corrected chi connectivity index (χ3v) is 5.07. The van der Waals surface area contributed by atoms with E-state index in [4.69, 9.17) is 21.4 Å². The number of aryl methyl sites for hydroxylation is 1. The zero-order valence-electron chi connectivity index (χ0n) is 13.2. The molecule has 3 aromatic rings. The van der Waals surface area contributed by atoms with Crippen molar-refractivity contribution in [2.45, 2.75) is 6.92 Å². The fourth-order valence-corrected chi connectivity index (χ4v) is 3.60. The smallest absolute Gasteiger partial charge is 0.173 e. The highest BCUT2D eigenvalue weighted by Gasteiger charge is 2.21. The monoisotopic (exact) mass is 406 g/mol. The number of aromatic nitrogens is 3. The van der Waals surface area contributed by atoms with Gasteiger partial charge in [0.1, 0.15) is 16.7 Å². The van der Waals surface area contributed by atoms with E-state index >= 15 is 0 Å². The van der Waals surface area contributed by atoms with Crippen molar-refractivity contribution in [3.8, 4) is 11.3 Å². The average Bonchev–Trinajstić information content (AvgIpc) is 2.93. The Balaban J connectivity index is 1.89. The zero-order chi connectivity index (χ0) is 16.7. The molecule has 0 amide bonds. The molecule has 24 heavy (non-hydrogen) atoms. The van der Waals surface area contributed by atoms with Gasteiger partial charge in [0.15, 0.2) is 5.65 Å². The quantitative estimate of drug-likeness (QED) is 0.603. The lowest BCUT2D eigenvalue weighted by Gasteiger charge is -2.28. The summed E-state index contributed by atoms with van der Waals surface area (Å²) >= 11 is 9.91. The van der Waals surface area contributed by atoms with Crippen LogP contribution in [-0.2, 0) is 4.74 Å². The third-order valence-electron chi connectivity index (χ3n) is 4.14. The summed E-state index contributed by atoms with van der Waals surface area (Å²) in [6.45, 7) is 5.10. The number of hydrogen-bond donors (Lipinski definition) is 0. The van der Waals surface area contributed by atoms with Gasteiger partial charge >= 0.3 is 0 Å². The lowest BCUT2D eigenvalue weighted by Crippen LogP contribution is -2.37. The molecule has 7 heteroatoms. The van der Waals surface area contributed by atoms with E-state index < -0.39 is 0 Å². The van der Waals surface area contributed by atoms with Gasteiger partial charge in [0.2, 0.25) is 0 Å². The van der Waals surface area contributed by atoms with Crippen LogP contribution in [0, 0.1) is 6.92 Å². The van der Waals surface area contributed by atoms with Gasteiger partial charge in [0, 0.05) is 24.7 Å². The van der Waals surface area contributed by atoms with E-state index in [0.717, 1.165) is 40.3 Å². The Labute approximate surface area is 153 Å². The van der Waals surface area contributed by atoms with Gasteiger partial charge < -0.3 is 9.64 Å². The lowest BCUT2D eigenvalue weighted by atomic mass is 10.1. The highest BCUT2D eigenvalue weighted by Crippen LogP contribution is 2.33. The molecule has 0 atom stereocenters. The van der Waals surface area contributed by atoms with Crippen LogP contribution in [0.15, 0.2) is 34.8 Å². The van der Waals surface area contributed by atoms with Gasteiger partial charge in [-0.15, -0.1) is 0 Å². The molecule has 3 heterocycles. The van der Waals surface area contributed by atoms with Crippen LogP contribution in [0.3, 0.4) is 0 Å². The van der Waals surface area contributed by atoms with E-state index in [9.17, 15) is 0 Å². The summed E-state index contributed by atoms with van der Waals surface area (Å²) in [5.41, 5.74) is 3.84. The SMILES string of the molecule is Cc1ccc(-c2nn3c(N4CCOCC4)cc(Cl)nc3c2Br)cc1. The fourth-order valence-electron chi connectivity index (χ4n) is 2.86. The van der Waals surface area contributed by atoms with E-state index in [1.54, 1.807) is 0 Å². The van der Waals surface area contributed by atoms with Crippen LogP contribution < -0.4 is 4.90 Å². The first-order valence-corrected chi connectivity index (χ1v) is 8.95. The average molecular weight is 408 g/mol. The van der Waals surface area contributed by atoms with Crippen LogP contribution in [-0.4, -0.2) is 40.9 Å². The summed E-state index contributed by atoms with van der Waals surface area (Å²) in [5, 5.41) is 5.25. The Morgan fingerprint density at radius 2 is 1.88 bits per heavy atom. The minimum Gasteiger partial charge on any atom is -0.378 e. The standard InChI is InChI=1S/C17H16BrClN4O/c1-11-2-4-12(5-3-11)16-15(18)17-20-13(19)10-14(23(17)21-16)22-6-8-24-9-7-22/h2-5,10H,6-9H2,1H3. The number of ether oxygens (including phenoxy) is 1. The number of hydrogen-bond acceptors (Lipinski definition) is 4. The van der Waals surface area contributed by atoms with E-state index in [-0.39, 0.29) is 0 Å². The molecule has 124 valence electrons. The molecule has 1 aromatic carbocycles. The van der Waals surface area contributed by atoms with Crippen LogP contribution in [0.1, 0.15) is 5.56 Å². The molecule has 0 N–H and O–H groups in total. The van der Waals surface area contributed by atoms with Crippen molar-refractivity contribution >= 4 is 39.0 Å². The summed E-state index contributed by atoms with van der Waals surface area (Å²) in [4.78, 5) is 6.68. The Morgan fingerprint density at radius 3 is 2.58 bits per heavy atom. The predicted octanol–water partition coefficient (Wildman–Crippen LogP) is 3.96. The Bertz CT molecular complexity index is 888. The molecule has 0 unspecified atom stereocenters. The minimum atomic E-state index is 0.458. The molecule has 1 aliphatic rings. The third kappa shape index (κ3) is 2.79. The number of nitrogens with zero attached hydrogens (tertiary/aromatic N) is 4. The van der Waals surface area contributed by atoms with Crippen LogP contribution in [0.25, 0.3) is 16.9 Å². The maximum Gasteiger partial charge on any atom is 0.173 e. The summed E-state index contributed by atoms with van der Waals surface area (Å²) in [6, 6.07) is 10.2. The largest absolute Gasteiger partial charge is 0.378 e. The Morgan fingerprint density at radius 1 is 1.17 bits per heavy atom. The molecule has 1 fully saturated rings. The Hall–Kier alpha value is -1.63. The minimum absolute atomic E-state index is 0.458. The number of anilines is 1. The van der Waals surface area contributed by atoms with Gasteiger partial charge in [0.05, 0.1) is 17.7 Å². The number of fused-ring (bicyclic) bond motifs is 1. The van der Waals surface area contributed by atoms with E-state index in [2.05, 4.69) is 57.0 Å². The number of halogens is 2. The molecule has 0 aliphatic carbocycles. The molecule has 2 aromatic heterocycles. The lowest BCUT2D eigenvalue weighted by molar-refractivity contribution is 0.122. The number of rotatable bonds is 2. The molecule has 0 saturated carbocycles. The summed E-state index contributed by atoms with van der Waals surface area (Å²) in [6.07, 6.45) is 0. The van der Waals surface area contributed by atoms with Gasteiger partial charge in [-0.05, 0) is 22.9 Å². The van der Waals surface area contributed by atoms with Crippen LogP contribution in [0.5, 0.6) is 0 Å². The second kappa shape index (κ2) is 6.35. The number of morpholine rings is 1. The molecule has 1 saturated heterocycles. The molecule has 1 aliphatic heterocycles. The first-order chi connectivity index (χ1) is 11.6. The van der Waals surface area contributed by atoms with E-state index in [1.165, 1.54) is 5.56 Å². The molecule has 0 radical (unpaired) electrons. The van der Waals surface area contributed by atoms with E-state index in [0.29, 0.717) is 18.4 Å². The zero-order valence-corrected chi connectivity index (χ0v) is 15.5. The Kier molecular flexibility index (Phi) is 4.20. The molecular weight excluding hydrogens is 392 g/mol. The highest BCUT2D eigenvalue weighted by molar-refractivity contribution is 9.10. The molecular formula is C17H16BrClN4O. The second-order valence-corrected chi connectivity index (χ2v) is 6.98. The summed E-state index contributed by atoms with van der Waals surface area (Å²) < 4.78 is 8.15. The molecule has 4 rings (SSSR count). The topological polar surface area (TPSA) is 42.7 Å². The second-order valence-electron chi connectivity index (χ2n) is 5.80. The van der Waals surface area contributed by atoms with Gasteiger partial charge in [-0.25, -0.2) is 4.98 Å². The van der Waals surface area contributed by atoms with Crippen molar-refractivity contribution in [1.29, 1.82) is 0 Å². The summed E-state index contributed by atoms with van der Waals surface area (Å²) in [7, 11) is 0. The van der Waals surface area contributed by atoms with Crippen molar-refractivity contribution in [2.75, 3.05) is 31.2 Å². The predicted molar refractivity (Wildman–Crippen MR) is 98.9 cm³/mol. The maximum absolute atomic E-state index is 6.26. The molecule has 0 bridgehead atoms. The van der Waals surface area contributed by atoms with Crippen molar-refractivity contribution in [3.63, 3.8) is 0 Å². The maximum atomic E-state index is 6.26. The first kappa shape index (κ1) is 15.9. The molecule has 5 nitrogen and oxygen atoms in total. The molecule has 0 spiro atoms. The van der Waals surface area contributed by atoms with Crippen molar-refractivity contribution in [2.24, 2.45) is 0 Å². The van der Waals surface area contributed by atoms with Crippen molar-refractivity contribution in [1.82, 2.24) is 14.6 Å². The van der Waals surface area contributed by atoms with Gasteiger partial charge in [-0.3, -0.25) is 0 Å². The van der Waals surface area contributed by atoms with E-state index in [1.807, 2.05) is 10.6 Å². The van der Waals surface area contributed by atoms with Gasteiger partial charge in [-0.2, -0.15) is 9.61 Å². The van der Waals surface area contributed by atoms with Crippen LogP contribution >= 0.6 is 27.5 Å². The van der Waals surface area contributed by atoms with Crippen molar-refractivity contribution in [3.05, 3.63) is 45.5 Å².